The number of hydrogen-bond acceptors (Lipinski definition) is 2. The van der Waals surface area contributed by atoms with Gasteiger partial charge in [-0.15, -0.1) is 0 Å². The summed E-state index contributed by atoms with van der Waals surface area (Å²) in [6.07, 6.45) is -3.70. The van der Waals surface area contributed by atoms with E-state index in [1.807, 2.05) is 6.92 Å². The average Bonchev–Trinajstić information content (AvgIpc) is 2.29. The summed E-state index contributed by atoms with van der Waals surface area (Å²) in [4.78, 5) is 0. The predicted molar refractivity (Wildman–Crippen MR) is 66.1 cm³/mol. The van der Waals surface area contributed by atoms with Crippen LogP contribution in [0.4, 0.5) is 18.9 Å². The van der Waals surface area contributed by atoms with Gasteiger partial charge < -0.3 is 10.1 Å². The van der Waals surface area contributed by atoms with Gasteiger partial charge in [-0.05, 0) is 31.5 Å². The lowest BCUT2D eigenvalue weighted by atomic mass is 10.2. The van der Waals surface area contributed by atoms with E-state index in [-0.39, 0.29) is 5.02 Å². The van der Waals surface area contributed by atoms with Crippen molar-refractivity contribution in [1.82, 2.24) is 0 Å². The fourth-order valence-electron chi connectivity index (χ4n) is 1.40. The fraction of sp³-hybridized carbons (Fsp3) is 0.500. The van der Waals surface area contributed by atoms with Crippen molar-refractivity contribution in [2.45, 2.75) is 19.5 Å². The zero-order valence-corrected chi connectivity index (χ0v) is 10.7. The maximum atomic E-state index is 12.6. The quantitative estimate of drug-likeness (QED) is 0.789. The topological polar surface area (TPSA) is 21.3 Å². The van der Waals surface area contributed by atoms with Crippen molar-refractivity contribution in [2.75, 3.05) is 25.1 Å². The molecule has 1 N–H and O–H groups in total. The molecule has 2 nitrogen and oxygen atoms in total. The summed E-state index contributed by atoms with van der Waals surface area (Å²) in [5, 5.41) is 2.62. The standard InChI is InChI=1S/C12H15ClF3NO/c1-2-18-7-3-6-17-9-4-5-11(13)10(8-9)12(14,15)16/h4-5,8,17H,2-3,6-7H2,1H3. The van der Waals surface area contributed by atoms with E-state index in [1.165, 1.54) is 12.1 Å². The van der Waals surface area contributed by atoms with Crippen molar-refractivity contribution in [2.24, 2.45) is 0 Å². The minimum atomic E-state index is -4.43. The van der Waals surface area contributed by atoms with Gasteiger partial charge in [-0.3, -0.25) is 0 Å². The Morgan fingerprint density at radius 3 is 2.67 bits per heavy atom. The van der Waals surface area contributed by atoms with Crippen LogP contribution in [0.3, 0.4) is 0 Å². The molecule has 1 rings (SSSR count). The van der Waals surface area contributed by atoms with E-state index in [1.54, 1.807) is 0 Å². The zero-order chi connectivity index (χ0) is 13.6. The van der Waals surface area contributed by atoms with E-state index in [9.17, 15) is 13.2 Å². The summed E-state index contributed by atoms with van der Waals surface area (Å²) >= 11 is 5.52. The van der Waals surface area contributed by atoms with Gasteiger partial charge in [0, 0.05) is 25.4 Å². The molecule has 18 heavy (non-hydrogen) atoms. The summed E-state index contributed by atoms with van der Waals surface area (Å²) in [5.41, 5.74) is -0.415. The van der Waals surface area contributed by atoms with Gasteiger partial charge in [0.15, 0.2) is 0 Å². The predicted octanol–water partition coefficient (Wildman–Crippen LogP) is 4.20. The normalized spacial score (nSPS) is 11.6. The number of halogens is 4. The Morgan fingerprint density at radius 1 is 1.33 bits per heavy atom. The molecule has 0 heterocycles. The van der Waals surface area contributed by atoms with Gasteiger partial charge in [-0.1, -0.05) is 11.6 Å². The molecule has 0 aliphatic rings. The van der Waals surface area contributed by atoms with E-state index in [0.717, 1.165) is 12.5 Å². The molecule has 1 aromatic rings. The van der Waals surface area contributed by atoms with Crippen LogP contribution in [0.2, 0.25) is 5.02 Å². The Morgan fingerprint density at radius 2 is 2.06 bits per heavy atom. The second kappa shape index (κ2) is 6.85. The SMILES string of the molecule is CCOCCCNc1ccc(Cl)c(C(F)(F)F)c1. The fourth-order valence-corrected chi connectivity index (χ4v) is 1.63. The highest BCUT2D eigenvalue weighted by atomic mass is 35.5. The molecule has 0 fully saturated rings. The van der Waals surface area contributed by atoms with Crippen LogP contribution in [-0.4, -0.2) is 19.8 Å². The Bertz CT molecular complexity index is 382. The summed E-state index contributed by atoms with van der Waals surface area (Å²) in [6, 6.07) is 3.79. The second-order valence-corrected chi connectivity index (χ2v) is 4.08. The zero-order valence-electron chi connectivity index (χ0n) is 9.98. The molecule has 0 radical (unpaired) electrons. The Hall–Kier alpha value is -0.940. The molecule has 0 unspecified atom stereocenters. The molecule has 1 aromatic carbocycles. The molecule has 0 aliphatic heterocycles. The number of nitrogens with one attached hydrogen (secondary N) is 1. The van der Waals surface area contributed by atoms with Crippen molar-refractivity contribution in [1.29, 1.82) is 0 Å². The Balaban J connectivity index is 2.57. The Kier molecular flexibility index (Phi) is 5.75. The van der Waals surface area contributed by atoms with Crippen LogP contribution in [0.25, 0.3) is 0 Å². The van der Waals surface area contributed by atoms with Gasteiger partial charge in [-0.2, -0.15) is 13.2 Å². The molecular weight excluding hydrogens is 267 g/mol. The van der Waals surface area contributed by atoms with E-state index >= 15 is 0 Å². The van der Waals surface area contributed by atoms with Gasteiger partial charge in [0.1, 0.15) is 0 Å². The first kappa shape index (κ1) is 15.1. The van der Waals surface area contributed by atoms with Gasteiger partial charge in [-0.25, -0.2) is 0 Å². The smallest absolute Gasteiger partial charge is 0.385 e. The average molecular weight is 282 g/mol. The van der Waals surface area contributed by atoms with Crippen LogP contribution in [0.1, 0.15) is 18.9 Å². The summed E-state index contributed by atoms with van der Waals surface area (Å²) in [6.45, 7) is 3.67. The molecular formula is C12H15ClF3NO. The highest BCUT2D eigenvalue weighted by Crippen LogP contribution is 2.36. The minimum Gasteiger partial charge on any atom is -0.385 e. The molecule has 0 amide bonds. The lowest BCUT2D eigenvalue weighted by molar-refractivity contribution is -0.137. The first-order valence-corrected chi connectivity index (χ1v) is 6.01. The summed E-state index contributed by atoms with van der Waals surface area (Å²) < 4.78 is 42.9. The van der Waals surface area contributed by atoms with Crippen molar-refractivity contribution >= 4 is 17.3 Å². The van der Waals surface area contributed by atoms with Crippen molar-refractivity contribution < 1.29 is 17.9 Å². The third-order valence-corrected chi connectivity index (χ3v) is 2.60. The molecule has 0 spiro atoms. The van der Waals surface area contributed by atoms with E-state index in [0.29, 0.717) is 25.4 Å². The molecule has 0 bridgehead atoms. The molecule has 0 aromatic heterocycles. The van der Waals surface area contributed by atoms with Gasteiger partial charge >= 0.3 is 6.18 Å². The first-order chi connectivity index (χ1) is 8.45. The number of rotatable bonds is 6. The first-order valence-electron chi connectivity index (χ1n) is 5.63. The molecule has 0 saturated carbocycles. The van der Waals surface area contributed by atoms with Crippen molar-refractivity contribution in [3.63, 3.8) is 0 Å². The van der Waals surface area contributed by atoms with Gasteiger partial charge in [0.25, 0.3) is 0 Å². The van der Waals surface area contributed by atoms with Crippen molar-refractivity contribution in [3.05, 3.63) is 28.8 Å². The highest BCUT2D eigenvalue weighted by Gasteiger charge is 2.33. The number of anilines is 1. The van der Waals surface area contributed by atoms with Crippen LogP contribution in [-0.2, 0) is 10.9 Å². The van der Waals surface area contributed by atoms with Crippen LogP contribution in [0.15, 0.2) is 18.2 Å². The highest BCUT2D eigenvalue weighted by molar-refractivity contribution is 6.31. The maximum absolute atomic E-state index is 12.6. The Labute approximate surface area is 109 Å². The minimum absolute atomic E-state index is 0.289. The maximum Gasteiger partial charge on any atom is 0.417 e. The van der Waals surface area contributed by atoms with Gasteiger partial charge in [0.05, 0.1) is 10.6 Å². The second-order valence-electron chi connectivity index (χ2n) is 3.67. The monoisotopic (exact) mass is 281 g/mol. The molecule has 0 atom stereocenters. The third-order valence-electron chi connectivity index (χ3n) is 2.27. The molecule has 0 aliphatic carbocycles. The van der Waals surface area contributed by atoms with E-state index in [4.69, 9.17) is 16.3 Å². The number of benzene rings is 1. The third kappa shape index (κ3) is 4.74. The lowest BCUT2D eigenvalue weighted by Gasteiger charge is -2.12. The molecule has 6 heteroatoms. The summed E-state index contributed by atoms with van der Waals surface area (Å²) in [7, 11) is 0. The van der Waals surface area contributed by atoms with Crippen molar-refractivity contribution in [3.8, 4) is 0 Å². The summed E-state index contributed by atoms with van der Waals surface area (Å²) in [5.74, 6) is 0. The van der Waals surface area contributed by atoms with E-state index in [2.05, 4.69) is 5.32 Å². The number of ether oxygens (including phenoxy) is 1. The van der Waals surface area contributed by atoms with Crippen LogP contribution in [0.5, 0.6) is 0 Å². The number of hydrogen-bond donors (Lipinski definition) is 1. The lowest BCUT2D eigenvalue weighted by Crippen LogP contribution is -2.09. The van der Waals surface area contributed by atoms with E-state index < -0.39 is 11.7 Å². The van der Waals surface area contributed by atoms with Gasteiger partial charge in [0.2, 0.25) is 0 Å². The molecule has 102 valence electrons. The number of alkyl halides is 3. The largest absolute Gasteiger partial charge is 0.417 e. The molecule has 0 saturated heterocycles. The van der Waals surface area contributed by atoms with Crippen LogP contribution >= 0.6 is 11.6 Å². The van der Waals surface area contributed by atoms with Crippen LogP contribution < -0.4 is 5.32 Å². The van der Waals surface area contributed by atoms with Crippen LogP contribution in [0, 0.1) is 0 Å².